The average molecular weight is 286 g/mol. The topological polar surface area (TPSA) is 41.6 Å². The Balaban J connectivity index is 1.69. The molecular weight excluding hydrogens is 260 g/mol. The normalized spacial score (nSPS) is 28.1. The molecule has 1 amide bonds. The van der Waals surface area contributed by atoms with Gasteiger partial charge in [0.2, 0.25) is 5.91 Å². The van der Waals surface area contributed by atoms with Crippen LogP contribution in [-0.2, 0) is 9.53 Å². The summed E-state index contributed by atoms with van der Waals surface area (Å²) < 4.78 is 5.82. The molecule has 2 heterocycles. The number of carbonyl (C=O) groups is 1. The summed E-state index contributed by atoms with van der Waals surface area (Å²) in [4.78, 5) is 14.2. The molecule has 0 aliphatic carbocycles. The van der Waals surface area contributed by atoms with E-state index in [1.165, 1.54) is 5.75 Å². The molecule has 2 aliphatic heterocycles. The number of amides is 1. The fourth-order valence-corrected chi connectivity index (χ4v) is 3.46. The fourth-order valence-electron chi connectivity index (χ4n) is 2.51. The second-order valence-corrected chi connectivity index (χ2v) is 7.06. The van der Waals surface area contributed by atoms with Gasteiger partial charge in [0, 0.05) is 50.2 Å². The van der Waals surface area contributed by atoms with Gasteiger partial charge in [-0.15, -0.1) is 0 Å². The highest BCUT2D eigenvalue weighted by Crippen LogP contribution is 2.17. The smallest absolute Gasteiger partial charge is 0.224 e. The molecule has 4 nitrogen and oxygen atoms in total. The predicted molar refractivity (Wildman–Crippen MR) is 79.5 cm³/mol. The maximum absolute atomic E-state index is 12.2. The molecule has 0 spiro atoms. The molecule has 0 aromatic carbocycles. The van der Waals surface area contributed by atoms with Gasteiger partial charge in [-0.05, 0) is 12.3 Å². The summed E-state index contributed by atoms with van der Waals surface area (Å²) in [6, 6.07) is 0.363. The number of nitrogens with zero attached hydrogens (tertiary/aromatic N) is 1. The van der Waals surface area contributed by atoms with Crippen molar-refractivity contribution in [2.24, 2.45) is 5.92 Å². The van der Waals surface area contributed by atoms with Crippen molar-refractivity contribution < 1.29 is 9.53 Å². The van der Waals surface area contributed by atoms with Crippen molar-refractivity contribution in [3.05, 3.63) is 0 Å². The van der Waals surface area contributed by atoms with Gasteiger partial charge in [0.1, 0.15) is 0 Å². The van der Waals surface area contributed by atoms with E-state index in [9.17, 15) is 4.79 Å². The molecule has 19 heavy (non-hydrogen) atoms. The maximum atomic E-state index is 12.2. The first-order valence-corrected chi connectivity index (χ1v) is 8.51. The minimum atomic E-state index is 0.250. The van der Waals surface area contributed by atoms with Crippen LogP contribution < -0.4 is 5.32 Å². The molecule has 2 aliphatic rings. The monoisotopic (exact) mass is 286 g/mol. The fraction of sp³-hybridized carbons (Fsp3) is 0.929. The molecule has 2 saturated heterocycles. The van der Waals surface area contributed by atoms with Gasteiger partial charge in [-0.1, -0.05) is 13.8 Å². The molecule has 5 heteroatoms. The molecule has 110 valence electrons. The quantitative estimate of drug-likeness (QED) is 0.828. The van der Waals surface area contributed by atoms with Gasteiger partial charge in [-0.25, -0.2) is 0 Å². The predicted octanol–water partition coefficient (Wildman–Crippen LogP) is 1.35. The number of ether oxygens (including phenoxy) is 1. The Bertz CT molecular complexity index is 293. The third kappa shape index (κ3) is 4.97. The SMILES string of the molecule is CC(C)COC1CCN(C(=O)CC2CSCCN2)C1. The number of nitrogens with one attached hydrogen (secondary N) is 1. The Morgan fingerprint density at radius 2 is 2.37 bits per heavy atom. The van der Waals surface area contributed by atoms with E-state index in [4.69, 9.17) is 4.74 Å². The highest BCUT2D eigenvalue weighted by Gasteiger charge is 2.28. The van der Waals surface area contributed by atoms with Gasteiger partial charge < -0.3 is 15.0 Å². The third-order valence-electron chi connectivity index (χ3n) is 3.58. The van der Waals surface area contributed by atoms with Crippen molar-refractivity contribution in [1.29, 1.82) is 0 Å². The summed E-state index contributed by atoms with van der Waals surface area (Å²) in [7, 11) is 0. The highest BCUT2D eigenvalue weighted by atomic mass is 32.2. The minimum absolute atomic E-state index is 0.250. The van der Waals surface area contributed by atoms with Crippen molar-refractivity contribution in [2.45, 2.75) is 38.8 Å². The van der Waals surface area contributed by atoms with E-state index < -0.39 is 0 Å². The van der Waals surface area contributed by atoms with Crippen LogP contribution in [0.4, 0.5) is 0 Å². The zero-order valence-corrected chi connectivity index (χ0v) is 12.9. The van der Waals surface area contributed by atoms with Crippen LogP contribution in [0.15, 0.2) is 0 Å². The lowest BCUT2D eigenvalue weighted by atomic mass is 10.2. The van der Waals surface area contributed by atoms with E-state index in [0.29, 0.717) is 18.4 Å². The number of hydrogen-bond acceptors (Lipinski definition) is 4. The standard InChI is InChI=1S/C14H26N2O2S/c1-11(2)9-18-13-3-5-16(8-13)14(17)7-12-10-19-6-4-15-12/h11-13,15H,3-10H2,1-2H3. The van der Waals surface area contributed by atoms with Gasteiger partial charge in [-0.2, -0.15) is 11.8 Å². The summed E-state index contributed by atoms with van der Waals surface area (Å²) in [6.45, 7) is 7.79. The zero-order valence-electron chi connectivity index (χ0n) is 12.1. The minimum Gasteiger partial charge on any atom is -0.376 e. The van der Waals surface area contributed by atoms with E-state index in [-0.39, 0.29) is 12.0 Å². The van der Waals surface area contributed by atoms with Crippen molar-refractivity contribution in [3.63, 3.8) is 0 Å². The lowest BCUT2D eigenvalue weighted by Gasteiger charge is -2.25. The average Bonchev–Trinajstić information content (AvgIpc) is 2.86. The summed E-state index contributed by atoms with van der Waals surface area (Å²) in [5, 5.41) is 3.43. The van der Waals surface area contributed by atoms with Crippen molar-refractivity contribution in [2.75, 3.05) is 37.7 Å². The van der Waals surface area contributed by atoms with Crippen LogP contribution in [-0.4, -0.2) is 60.7 Å². The van der Waals surface area contributed by atoms with E-state index in [1.54, 1.807) is 0 Å². The molecule has 2 fully saturated rings. The van der Waals surface area contributed by atoms with Crippen molar-refractivity contribution in [1.82, 2.24) is 10.2 Å². The summed E-state index contributed by atoms with van der Waals surface area (Å²) in [5.41, 5.74) is 0. The second kappa shape index (κ2) is 7.50. The molecule has 2 rings (SSSR count). The Hall–Kier alpha value is -0.260. The first kappa shape index (κ1) is 15.1. The summed E-state index contributed by atoms with van der Waals surface area (Å²) in [6.07, 6.45) is 1.88. The van der Waals surface area contributed by atoms with Gasteiger partial charge in [-0.3, -0.25) is 4.79 Å². The number of rotatable bonds is 5. The summed E-state index contributed by atoms with van der Waals surface area (Å²) in [5.74, 6) is 3.08. The van der Waals surface area contributed by atoms with E-state index in [0.717, 1.165) is 38.4 Å². The third-order valence-corrected chi connectivity index (χ3v) is 4.71. The molecule has 0 aromatic heterocycles. The van der Waals surface area contributed by atoms with Crippen LogP contribution in [0.2, 0.25) is 0 Å². The Kier molecular flexibility index (Phi) is 5.98. The molecule has 2 unspecified atom stereocenters. The maximum Gasteiger partial charge on any atom is 0.224 e. The first-order valence-electron chi connectivity index (χ1n) is 7.35. The van der Waals surface area contributed by atoms with Crippen LogP contribution in [0.1, 0.15) is 26.7 Å². The van der Waals surface area contributed by atoms with E-state index in [1.807, 2.05) is 16.7 Å². The number of thioether (sulfide) groups is 1. The Labute approximate surface area is 120 Å². The Morgan fingerprint density at radius 3 is 3.05 bits per heavy atom. The number of carbonyl (C=O) groups excluding carboxylic acids is 1. The van der Waals surface area contributed by atoms with Crippen LogP contribution in [0.3, 0.4) is 0 Å². The molecule has 0 saturated carbocycles. The Morgan fingerprint density at radius 1 is 1.53 bits per heavy atom. The summed E-state index contributed by atoms with van der Waals surface area (Å²) >= 11 is 1.94. The van der Waals surface area contributed by atoms with Crippen LogP contribution in [0.25, 0.3) is 0 Å². The zero-order chi connectivity index (χ0) is 13.7. The number of likely N-dealkylation sites (tertiary alicyclic amines) is 1. The molecular formula is C14H26N2O2S. The van der Waals surface area contributed by atoms with Gasteiger partial charge in [0.05, 0.1) is 6.10 Å². The van der Waals surface area contributed by atoms with Gasteiger partial charge in [0.25, 0.3) is 0 Å². The molecule has 2 atom stereocenters. The van der Waals surface area contributed by atoms with Crippen molar-refractivity contribution in [3.8, 4) is 0 Å². The number of hydrogen-bond donors (Lipinski definition) is 1. The lowest BCUT2D eigenvalue weighted by molar-refractivity contribution is -0.131. The lowest BCUT2D eigenvalue weighted by Crippen LogP contribution is -2.42. The van der Waals surface area contributed by atoms with Crippen LogP contribution >= 0.6 is 11.8 Å². The highest BCUT2D eigenvalue weighted by molar-refractivity contribution is 7.99. The molecule has 1 N–H and O–H groups in total. The van der Waals surface area contributed by atoms with Crippen LogP contribution in [0.5, 0.6) is 0 Å². The molecule has 0 radical (unpaired) electrons. The van der Waals surface area contributed by atoms with Gasteiger partial charge in [0.15, 0.2) is 0 Å². The van der Waals surface area contributed by atoms with Crippen molar-refractivity contribution >= 4 is 17.7 Å². The molecule has 0 bridgehead atoms. The second-order valence-electron chi connectivity index (χ2n) is 5.91. The van der Waals surface area contributed by atoms with E-state index >= 15 is 0 Å². The first-order chi connectivity index (χ1) is 9.15. The molecule has 0 aromatic rings. The largest absolute Gasteiger partial charge is 0.376 e. The van der Waals surface area contributed by atoms with Gasteiger partial charge >= 0.3 is 0 Å². The van der Waals surface area contributed by atoms with Crippen LogP contribution in [0, 0.1) is 5.92 Å². The van der Waals surface area contributed by atoms with E-state index in [2.05, 4.69) is 19.2 Å².